The summed E-state index contributed by atoms with van der Waals surface area (Å²) in [4.78, 5) is 23.0. The van der Waals surface area contributed by atoms with Crippen LogP contribution in [0.1, 0.15) is 28.0 Å². The van der Waals surface area contributed by atoms with Gasteiger partial charge in [0.2, 0.25) is 5.78 Å². The van der Waals surface area contributed by atoms with Gasteiger partial charge < -0.3 is 15.3 Å². The molecule has 5 rings (SSSR count). The van der Waals surface area contributed by atoms with E-state index >= 15 is 0 Å². The zero-order chi connectivity index (χ0) is 19.3. The van der Waals surface area contributed by atoms with E-state index < -0.39 is 6.10 Å². The van der Waals surface area contributed by atoms with Crippen LogP contribution in [0.25, 0.3) is 5.78 Å². The SMILES string of the molecule is O=C(c1cn2cc(Cl)cnc2n1)N1CCC2(Cc3ccccc3CN2)C(O)C1. The van der Waals surface area contributed by atoms with E-state index in [0.29, 0.717) is 29.5 Å². The molecule has 4 heterocycles. The van der Waals surface area contributed by atoms with Crippen LogP contribution >= 0.6 is 11.6 Å². The van der Waals surface area contributed by atoms with Gasteiger partial charge in [-0.3, -0.25) is 9.20 Å². The van der Waals surface area contributed by atoms with Crippen LogP contribution in [0.4, 0.5) is 0 Å². The summed E-state index contributed by atoms with van der Waals surface area (Å²) >= 11 is 5.95. The molecular weight excluding hydrogens is 378 g/mol. The lowest BCUT2D eigenvalue weighted by Crippen LogP contribution is -2.65. The van der Waals surface area contributed by atoms with Crippen LogP contribution in [0.2, 0.25) is 5.02 Å². The van der Waals surface area contributed by atoms with Gasteiger partial charge in [-0.15, -0.1) is 0 Å². The predicted octanol–water partition coefficient (Wildman–Crippen LogP) is 1.67. The maximum Gasteiger partial charge on any atom is 0.274 e. The molecular formula is C20H20ClN5O2. The molecule has 1 saturated heterocycles. The van der Waals surface area contributed by atoms with Crippen molar-refractivity contribution in [2.24, 2.45) is 0 Å². The number of hydrogen-bond donors (Lipinski definition) is 2. The van der Waals surface area contributed by atoms with Crippen molar-refractivity contribution in [3.63, 3.8) is 0 Å². The van der Waals surface area contributed by atoms with E-state index in [1.165, 1.54) is 17.3 Å². The Morgan fingerprint density at radius 3 is 2.93 bits per heavy atom. The van der Waals surface area contributed by atoms with Crippen LogP contribution in [-0.4, -0.2) is 55.0 Å². The number of aliphatic hydroxyl groups excluding tert-OH is 1. The van der Waals surface area contributed by atoms with Gasteiger partial charge in [0.1, 0.15) is 5.69 Å². The maximum atomic E-state index is 12.9. The Labute approximate surface area is 167 Å². The quantitative estimate of drug-likeness (QED) is 0.652. The second-order valence-corrected chi connectivity index (χ2v) is 8.01. The molecule has 3 aromatic rings. The van der Waals surface area contributed by atoms with Crippen molar-refractivity contribution in [3.8, 4) is 0 Å². The largest absolute Gasteiger partial charge is 0.389 e. The second-order valence-electron chi connectivity index (χ2n) is 7.58. The minimum Gasteiger partial charge on any atom is -0.389 e. The summed E-state index contributed by atoms with van der Waals surface area (Å²) in [5.41, 5.74) is 2.46. The summed E-state index contributed by atoms with van der Waals surface area (Å²) in [6.07, 6.45) is 5.59. The van der Waals surface area contributed by atoms with Gasteiger partial charge in [0.15, 0.2) is 0 Å². The molecule has 2 aliphatic heterocycles. The topological polar surface area (TPSA) is 82.8 Å². The highest BCUT2D eigenvalue weighted by molar-refractivity contribution is 6.30. The average Bonchev–Trinajstić information content (AvgIpc) is 3.13. The highest BCUT2D eigenvalue weighted by Gasteiger charge is 2.45. The molecule has 1 amide bonds. The first-order valence-electron chi connectivity index (χ1n) is 9.33. The molecule has 0 saturated carbocycles. The van der Waals surface area contributed by atoms with Crippen molar-refractivity contribution in [2.45, 2.75) is 31.0 Å². The summed E-state index contributed by atoms with van der Waals surface area (Å²) in [7, 11) is 0. The highest BCUT2D eigenvalue weighted by atomic mass is 35.5. The predicted molar refractivity (Wildman–Crippen MR) is 104 cm³/mol. The monoisotopic (exact) mass is 397 g/mol. The van der Waals surface area contributed by atoms with Crippen LogP contribution in [0.15, 0.2) is 42.9 Å². The number of nitrogens with one attached hydrogen (secondary N) is 1. The Kier molecular flexibility index (Phi) is 4.12. The van der Waals surface area contributed by atoms with Crippen molar-refractivity contribution in [1.29, 1.82) is 0 Å². The molecule has 7 nitrogen and oxygen atoms in total. The lowest BCUT2D eigenvalue weighted by atomic mass is 9.76. The van der Waals surface area contributed by atoms with Crippen molar-refractivity contribution in [2.75, 3.05) is 13.1 Å². The number of aromatic nitrogens is 3. The summed E-state index contributed by atoms with van der Waals surface area (Å²) in [6.45, 7) is 1.57. The Bertz CT molecular complexity index is 1070. The lowest BCUT2D eigenvalue weighted by Gasteiger charge is -2.48. The number of hydrogen-bond acceptors (Lipinski definition) is 5. The van der Waals surface area contributed by atoms with Gasteiger partial charge >= 0.3 is 0 Å². The van der Waals surface area contributed by atoms with Crippen LogP contribution in [-0.2, 0) is 13.0 Å². The molecule has 0 bridgehead atoms. The molecule has 2 aromatic heterocycles. The maximum absolute atomic E-state index is 12.9. The molecule has 2 N–H and O–H groups in total. The number of carbonyl (C=O) groups is 1. The Morgan fingerprint density at radius 2 is 2.11 bits per heavy atom. The Balaban J connectivity index is 1.35. The molecule has 0 aliphatic carbocycles. The Morgan fingerprint density at radius 1 is 1.29 bits per heavy atom. The van der Waals surface area contributed by atoms with Gasteiger partial charge in [0.05, 0.1) is 22.9 Å². The fourth-order valence-corrected chi connectivity index (χ4v) is 4.43. The molecule has 0 radical (unpaired) electrons. The highest BCUT2D eigenvalue weighted by Crippen LogP contribution is 2.32. The van der Waals surface area contributed by atoms with Gasteiger partial charge in [-0.05, 0) is 24.0 Å². The molecule has 1 spiro atoms. The number of amides is 1. The molecule has 2 aliphatic rings. The van der Waals surface area contributed by atoms with Gasteiger partial charge in [0, 0.05) is 32.0 Å². The number of β-amino-alcohol motifs (C(OH)–C–C–N with tert-alkyl or cyclic N) is 1. The standard InChI is InChI=1S/C20H20ClN5O2/c21-15-9-22-19-24-16(11-26(19)10-15)18(28)25-6-5-20(17(27)12-25)7-13-3-1-2-4-14(13)8-23-20/h1-4,9-11,17,23,27H,5-8,12H2. The van der Waals surface area contributed by atoms with E-state index in [1.54, 1.807) is 21.7 Å². The zero-order valence-corrected chi connectivity index (χ0v) is 15.9. The van der Waals surface area contributed by atoms with E-state index in [4.69, 9.17) is 11.6 Å². The van der Waals surface area contributed by atoms with Gasteiger partial charge in [0.25, 0.3) is 5.91 Å². The fraction of sp³-hybridized carbons (Fsp3) is 0.350. The van der Waals surface area contributed by atoms with Crippen LogP contribution < -0.4 is 5.32 Å². The van der Waals surface area contributed by atoms with Crippen LogP contribution in [0.5, 0.6) is 0 Å². The van der Waals surface area contributed by atoms with E-state index in [2.05, 4.69) is 27.4 Å². The summed E-state index contributed by atoms with van der Waals surface area (Å²) < 4.78 is 1.64. The number of halogens is 1. The smallest absolute Gasteiger partial charge is 0.274 e. The number of aliphatic hydroxyl groups is 1. The summed E-state index contributed by atoms with van der Waals surface area (Å²) in [5, 5.41) is 15.0. The first kappa shape index (κ1) is 17.6. The lowest BCUT2D eigenvalue weighted by molar-refractivity contribution is -0.0140. The number of piperidine rings is 1. The van der Waals surface area contributed by atoms with E-state index in [0.717, 1.165) is 13.0 Å². The van der Waals surface area contributed by atoms with Gasteiger partial charge in [-0.25, -0.2) is 9.97 Å². The molecule has 8 heteroatoms. The second kappa shape index (κ2) is 6.55. The fourth-order valence-electron chi connectivity index (χ4n) is 4.27. The van der Waals surface area contributed by atoms with E-state index in [-0.39, 0.29) is 18.0 Å². The normalized spacial score (nSPS) is 24.5. The van der Waals surface area contributed by atoms with Crippen molar-refractivity contribution in [1.82, 2.24) is 24.6 Å². The molecule has 144 valence electrons. The molecule has 28 heavy (non-hydrogen) atoms. The third-order valence-electron chi connectivity index (χ3n) is 5.90. The third-order valence-corrected chi connectivity index (χ3v) is 6.09. The number of likely N-dealkylation sites (tertiary alicyclic amines) is 1. The zero-order valence-electron chi connectivity index (χ0n) is 15.2. The molecule has 2 atom stereocenters. The van der Waals surface area contributed by atoms with Crippen LogP contribution in [0, 0.1) is 0 Å². The van der Waals surface area contributed by atoms with Crippen molar-refractivity contribution >= 4 is 23.3 Å². The minimum atomic E-state index is -0.650. The van der Waals surface area contributed by atoms with Crippen LogP contribution in [0.3, 0.4) is 0 Å². The van der Waals surface area contributed by atoms with Gasteiger partial charge in [-0.1, -0.05) is 35.9 Å². The summed E-state index contributed by atoms with van der Waals surface area (Å²) in [6, 6.07) is 8.31. The number of rotatable bonds is 1. The minimum absolute atomic E-state index is 0.202. The van der Waals surface area contributed by atoms with E-state index in [1.807, 2.05) is 12.1 Å². The number of imidazole rings is 1. The van der Waals surface area contributed by atoms with Crippen molar-refractivity contribution < 1.29 is 9.90 Å². The molecule has 1 aromatic carbocycles. The van der Waals surface area contributed by atoms with Crippen molar-refractivity contribution in [3.05, 3.63) is 64.7 Å². The number of nitrogens with zero attached hydrogens (tertiary/aromatic N) is 4. The molecule has 1 fully saturated rings. The Hall–Kier alpha value is -2.48. The number of benzene rings is 1. The first-order chi connectivity index (χ1) is 13.5. The first-order valence-corrected chi connectivity index (χ1v) is 9.71. The third kappa shape index (κ3) is 2.87. The summed E-state index contributed by atoms with van der Waals surface area (Å²) in [5.74, 6) is 0.221. The van der Waals surface area contributed by atoms with E-state index in [9.17, 15) is 9.90 Å². The number of carbonyl (C=O) groups excluding carboxylic acids is 1. The average molecular weight is 398 g/mol. The van der Waals surface area contributed by atoms with Gasteiger partial charge in [-0.2, -0.15) is 0 Å². The number of fused-ring (bicyclic) bond motifs is 2. The molecule has 2 unspecified atom stereocenters.